The Morgan fingerprint density at radius 2 is 2.05 bits per heavy atom. The van der Waals surface area contributed by atoms with Crippen LogP contribution in [0.25, 0.3) is 5.65 Å². The molecule has 0 unspecified atom stereocenters. The zero-order chi connectivity index (χ0) is 13.8. The van der Waals surface area contributed by atoms with Crippen LogP contribution < -0.4 is 5.43 Å². The van der Waals surface area contributed by atoms with E-state index in [1.807, 2.05) is 42.5 Å². The minimum absolute atomic E-state index is 0.652. The van der Waals surface area contributed by atoms with Gasteiger partial charge in [0.15, 0.2) is 11.5 Å². The lowest BCUT2D eigenvalue weighted by Crippen LogP contribution is -2.04. The molecular weight excluding hydrogens is 252 g/mol. The Morgan fingerprint density at radius 3 is 2.85 bits per heavy atom. The Kier molecular flexibility index (Phi) is 3.36. The summed E-state index contributed by atoms with van der Waals surface area (Å²) in [6.07, 6.45) is 2.40. The molecule has 0 fully saturated rings. The number of benzene rings is 1. The molecule has 0 saturated carbocycles. The number of anilines is 1. The van der Waals surface area contributed by atoms with Crippen LogP contribution >= 0.6 is 0 Å². The molecule has 3 aromatic rings. The van der Waals surface area contributed by atoms with Gasteiger partial charge in [-0.1, -0.05) is 37.3 Å². The summed E-state index contributed by atoms with van der Waals surface area (Å²) in [5.41, 5.74) is 5.77. The Bertz CT molecular complexity index is 732. The molecule has 0 atom stereocenters. The molecule has 100 valence electrons. The average molecular weight is 266 g/mol. The van der Waals surface area contributed by atoms with E-state index in [0.29, 0.717) is 11.5 Å². The smallest absolute Gasteiger partial charge is 0.177 e. The van der Waals surface area contributed by atoms with E-state index in [-0.39, 0.29) is 0 Å². The molecule has 0 amide bonds. The van der Waals surface area contributed by atoms with Gasteiger partial charge in [0.05, 0.1) is 5.71 Å². The summed E-state index contributed by atoms with van der Waals surface area (Å²) >= 11 is 0. The molecule has 0 spiro atoms. The van der Waals surface area contributed by atoms with Gasteiger partial charge in [-0.15, -0.1) is 15.3 Å². The largest absolute Gasteiger partial charge is 0.260 e. The van der Waals surface area contributed by atoms with Crippen molar-refractivity contribution in [2.45, 2.75) is 13.3 Å². The Morgan fingerprint density at radius 1 is 1.20 bits per heavy atom. The second kappa shape index (κ2) is 5.48. The van der Waals surface area contributed by atoms with Crippen molar-refractivity contribution in [3.05, 3.63) is 54.4 Å². The maximum atomic E-state index is 4.42. The second-order valence-corrected chi connectivity index (χ2v) is 4.24. The number of fused-ring (bicyclic) bond motifs is 1. The fourth-order valence-electron chi connectivity index (χ4n) is 1.89. The van der Waals surface area contributed by atoms with Gasteiger partial charge in [0.25, 0.3) is 0 Å². The van der Waals surface area contributed by atoms with Crippen LogP contribution in [0.15, 0.2) is 53.9 Å². The number of hydrogen-bond acceptors (Lipinski definition) is 5. The lowest BCUT2D eigenvalue weighted by molar-refractivity contribution is 0.924. The van der Waals surface area contributed by atoms with Crippen LogP contribution in [0, 0.1) is 0 Å². The van der Waals surface area contributed by atoms with Crippen LogP contribution in [0.4, 0.5) is 5.82 Å². The normalized spacial score (nSPS) is 11.8. The van der Waals surface area contributed by atoms with E-state index in [1.165, 1.54) is 0 Å². The lowest BCUT2D eigenvalue weighted by atomic mass is 10.1. The predicted molar refractivity (Wildman–Crippen MR) is 77.7 cm³/mol. The molecule has 0 aliphatic rings. The fraction of sp³-hybridized carbons (Fsp3) is 0.143. The first kappa shape index (κ1) is 12.3. The minimum Gasteiger partial charge on any atom is -0.260 e. The zero-order valence-electron chi connectivity index (χ0n) is 11.1. The van der Waals surface area contributed by atoms with Gasteiger partial charge in [-0.25, -0.2) is 0 Å². The number of hydrogen-bond donors (Lipinski definition) is 1. The van der Waals surface area contributed by atoms with Crippen molar-refractivity contribution in [1.82, 2.24) is 19.8 Å². The third-order valence-corrected chi connectivity index (χ3v) is 2.91. The first-order valence-electron chi connectivity index (χ1n) is 6.42. The van der Waals surface area contributed by atoms with Gasteiger partial charge in [0, 0.05) is 0 Å². The van der Waals surface area contributed by atoms with Crippen LogP contribution in [0.3, 0.4) is 0 Å². The van der Waals surface area contributed by atoms with Crippen molar-refractivity contribution in [1.29, 1.82) is 0 Å². The van der Waals surface area contributed by atoms with E-state index in [1.54, 1.807) is 10.8 Å². The number of hydrazone groups is 1. The van der Waals surface area contributed by atoms with E-state index in [0.717, 1.165) is 17.7 Å². The standard InChI is InChI=1S/C14H14N6/c1-2-12(11-6-4-3-5-7-11)16-17-13-8-9-14-18-15-10-20(14)19-13/h3-10H,2H2,1H3,(H,17,19). The van der Waals surface area contributed by atoms with Gasteiger partial charge in [0.2, 0.25) is 0 Å². The van der Waals surface area contributed by atoms with Crippen molar-refractivity contribution >= 4 is 17.2 Å². The molecule has 0 saturated heterocycles. The molecule has 0 aliphatic heterocycles. The van der Waals surface area contributed by atoms with Crippen LogP contribution in [0.2, 0.25) is 0 Å². The first-order valence-corrected chi connectivity index (χ1v) is 6.42. The highest BCUT2D eigenvalue weighted by Crippen LogP contribution is 2.07. The summed E-state index contributed by atoms with van der Waals surface area (Å²) in [6.45, 7) is 2.07. The SMILES string of the molecule is CCC(=NNc1ccc2nncn2n1)c1ccccc1. The summed E-state index contributed by atoms with van der Waals surface area (Å²) in [4.78, 5) is 0. The van der Waals surface area contributed by atoms with Gasteiger partial charge in [0.1, 0.15) is 6.33 Å². The maximum absolute atomic E-state index is 4.42. The van der Waals surface area contributed by atoms with Crippen LogP contribution in [0.5, 0.6) is 0 Å². The number of nitrogens with zero attached hydrogens (tertiary/aromatic N) is 5. The van der Waals surface area contributed by atoms with Crippen molar-refractivity contribution in [2.75, 3.05) is 5.43 Å². The van der Waals surface area contributed by atoms with Gasteiger partial charge < -0.3 is 0 Å². The highest BCUT2D eigenvalue weighted by molar-refractivity contribution is 6.00. The topological polar surface area (TPSA) is 67.5 Å². The van der Waals surface area contributed by atoms with Crippen molar-refractivity contribution in [2.24, 2.45) is 5.10 Å². The third-order valence-electron chi connectivity index (χ3n) is 2.91. The summed E-state index contributed by atoms with van der Waals surface area (Å²) in [5.74, 6) is 0.652. The van der Waals surface area contributed by atoms with Gasteiger partial charge >= 0.3 is 0 Å². The quantitative estimate of drug-likeness (QED) is 0.581. The third kappa shape index (κ3) is 2.49. The summed E-state index contributed by atoms with van der Waals surface area (Å²) in [6, 6.07) is 13.7. The highest BCUT2D eigenvalue weighted by atomic mass is 15.4. The van der Waals surface area contributed by atoms with E-state index < -0.39 is 0 Å². The van der Waals surface area contributed by atoms with E-state index in [9.17, 15) is 0 Å². The number of rotatable bonds is 4. The zero-order valence-corrected chi connectivity index (χ0v) is 11.1. The molecule has 0 radical (unpaired) electrons. The summed E-state index contributed by atoms with van der Waals surface area (Å²) < 4.78 is 1.60. The molecule has 20 heavy (non-hydrogen) atoms. The highest BCUT2D eigenvalue weighted by Gasteiger charge is 2.01. The van der Waals surface area contributed by atoms with E-state index in [2.05, 4.69) is 32.7 Å². The summed E-state index contributed by atoms with van der Waals surface area (Å²) in [7, 11) is 0. The monoisotopic (exact) mass is 266 g/mol. The maximum Gasteiger partial charge on any atom is 0.177 e. The van der Waals surface area contributed by atoms with Crippen molar-refractivity contribution in [3.8, 4) is 0 Å². The lowest BCUT2D eigenvalue weighted by Gasteiger charge is -2.05. The van der Waals surface area contributed by atoms with Gasteiger partial charge in [-0.3, -0.25) is 5.43 Å². The molecule has 3 rings (SSSR count). The molecular formula is C14H14N6. The number of nitrogens with one attached hydrogen (secondary N) is 1. The second-order valence-electron chi connectivity index (χ2n) is 4.24. The van der Waals surface area contributed by atoms with Crippen molar-refractivity contribution < 1.29 is 0 Å². The number of aromatic nitrogens is 4. The molecule has 2 heterocycles. The molecule has 0 bridgehead atoms. The average Bonchev–Trinajstić information content (AvgIpc) is 2.96. The van der Waals surface area contributed by atoms with Crippen LogP contribution in [-0.4, -0.2) is 25.5 Å². The molecule has 1 N–H and O–H groups in total. The van der Waals surface area contributed by atoms with Crippen LogP contribution in [0.1, 0.15) is 18.9 Å². The predicted octanol–water partition coefficient (Wildman–Crippen LogP) is 2.35. The van der Waals surface area contributed by atoms with Crippen molar-refractivity contribution in [3.63, 3.8) is 0 Å². The Balaban J connectivity index is 1.84. The molecule has 1 aromatic carbocycles. The molecule has 0 aliphatic carbocycles. The molecule has 6 heteroatoms. The minimum atomic E-state index is 0.652. The van der Waals surface area contributed by atoms with E-state index in [4.69, 9.17) is 0 Å². The Hall–Kier alpha value is -2.76. The van der Waals surface area contributed by atoms with Gasteiger partial charge in [-0.05, 0) is 24.1 Å². The molecule has 6 nitrogen and oxygen atoms in total. The first-order chi connectivity index (χ1) is 9.86. The Labute approximate surface area is 116 Å². The summed E-state index contributed by atoms with van der Waals surface area (Å²) in [5, 5.41) is 16.4. The fourth-order valence-corrected chi connectivity index (χ4v) is 1.89. The van der Waals surface area contributed by atoms with Gasteiger partial charge in [-0.2, -0.15) is 9.62 Å². The van der Waals surface area contributed by atoms with Crippen LogP contribution in [-0.2, 0) is 0 Å². The molecule has 2 aromatic heterocycles. The van der Waals surface area contributed by atoms with E-state index >= 15 is 0 Å².